The van der Waals surface area contributed by atoms with Gasteiger partial charge >= 0.3 is 0 Å². The average Bonchev–Trinajstić information content (AvgIpc) is 3.30. The van der Waals surface area contributed by atoms with Gasteiger partial charge in [-0.1, -0.05) is 35.5 Å². The monoisotopic (exact) mass is 365 g/mol. The van der Waals surface area contributed by atoms with Gasteiger partial charge < -0.3 is 19.5 Å². The van der Waals surface area contributed by atoms with Crippen LogP contribution in [0.2, 0.25) is 0 Å². The van der Waals surface area contributed by atoms with Crippen LogP contribution in [0.4, 0.5) is 0 Å². The number of hydrogen-bond acceptors (Lipinski definition) is 4. The zero-order valence-electron chi connectivity index (χ0n) is 15.2. The van der Waals surface area contributed by atoms with Gasteiger partial charge in [0.25, 0.3) is 5.91 Å². The van der Waals surface area contributed by atoms with E-state index in [1.165, 1.54) is 0 Å². The van der Waals surface area contributed by atoms with Crippen molar-refractivity contribution in [3.05, 3.63) is 66.2 Å². The molecule has 0 aliphatic heterocycles. The van der Waals surface area contributed by atoms with Gasteiger partial charge in [0.05, 0.1) is 6.10 Å². The molecule has 2 heterocycles. The molecule has 6 heteroatoms. The minimum Gasteiger partial charge on any atom is -0.389 e. The van der Waals surface area contributed by atoms with Crippen molar-refractivity contribution >= 4 is 5.91 Å². The Morgan fingerprint density at radius 2 is 2.11 bits per heavy atom. The second kappa shape index (κ2) is 7.40. The van der Waals surface area contributed by atoms with Gasteiger partial charge in [0.1, 0.15) is 5.69 Å². The summed E-state index contributed by atoms with van der Waals surface area (Å²) < 4.78 is 7.31. The first-order chi connectivity index (χ1) is 13.1. The number of aromatic nitrogens is 2. The third-order valence-electron chi connectivity index (χ3n) is 5.10. The van der Waals surface area contributed by atoms with Crippen LogP contribution in [-0.4, -0.2) is 26.8 Å². The third kappa shape index (κ3) is 3.95. The summed E-state index contributed by atoms with van der Waals surface area (Å²) in [6.45, 7) is 2.67. The van der Waals surface area contributed by atoms with Gasteiger partial charge in [0.2, 0.25) is 5.76 Å². The molecule has 0 bridgehead atoms. The van der Waals surface area contributed by atoms with Crippen LogP contribution in [-0.2, 0) is 6.54 Å². The molecule has 3 aromatic rings. The smallest absolute Gasteiger partial charge is 0.290 e. The highest BCUT2D eigenvalue weighted by molar-refractivity contribution is 5.92. The van der Waals surface area contributed by atoms with Crippen molar-refractivity contribution in [1.82, 2.24) is 15.0 Å². The molecule has 1 aromatic carbocycles. The highest BCUT2D eigenvalue weighted by Crippen LogP contribution is 2.30. The Hall–Kier alpha value is -2.86. The minimum absolute atomic E-state index is 0.166. The largest absolute Gasteiger partial charge is 0.389 e. The molecule has 4 rings (SSSR count). The number of hydrogen-bond donors (Lipinski definition) is 2. The van der Waals surface area contributed by atoms with Crippen molar-refractivity contribution in [2.75, 3.05) is 0 Å². The molecule has 1 aliphatic rings. The molecular formula is C21H23N3O3. The van der Waals surface area contributed by atoms with Crippen molar-refractivity contribution in [1.29, 1.82) is 0 Å². The zero-order valence-corrected chi connectivity index (χ0v) is 15.2. The van der Waals surface area contributed by atoms with Gasteiger partial charge in [-0.15, -0.1) is 0 Å². The van der Waals surface area contributed by atoms with E-state index in [0.717, 1.165) is 30.5 Å². The molecule has 1 aliphatic carbocycles. The van der Waals surface area contributed by atoms with E-state index in [-0.39, 0.29) is 17.7 Å². The maximum atomic E-state index is 12.4. The normalized spacial score (nSPS) is 20.1. The van der Waals surface area contributed by atoms with E-state index in [1.54, 1.807) is 13.0 Å². The Morgan fingerprint density at radius 1 is 1.33 bits per heavy atom. The standard InChI is InChI=1S/C21H23N3O3/c1-14(25)17-7-8-24(13-17)12-15-9-18(10-15)22-21(26)20-11-19(23-27-20)16-5-3-2-4-6-16/h2-8,11,13-15,18,25H,9-10,12H2,1H3,(H,22,26)/t14-,15-,18+/m0/s1. The molecule has 2 N–H and O–H groups in total. The summed E-state index contributed by atoms with van der Waals surface area (Å²) in [4.78, 5) is 12.4. The number of nitrogens with one attached hydrogen (secondary N) is 1. The van der Waals surface area contributed by atoms with Gasteiger partial charge in [-0.2, -0.15) is 0 Å². The van der Waals surface area contributed by atoms with E-state index < -0.39 is 6.10 Å². The molecule has 0 saturated heterocycles. The first-order valence-corrected chi connectivity index (χ1v) is 9.25. The lowest BCUT2D eigenvalue weighted by Gasteiger charge is -2.35. The number of benzene rings is 1. The van der Waals surface area contributed by atoms with Crippen LogP contribution in [0.1, 0.15) is 42.0 Å². The van der Waals surface area contributed by atoms with Crippen LogP contribution in [0.25, 0.3) is 11.3 Å². The second-order valence-electron chi connectivity index (χ2n) is 7.27. The molecule has 0 radical (unpaired) electrons. The number of carbonyl (C=O) groups excluding carboxylic acids is 1. The van der Waals surface area contributed by atoms with E-state index in [1.807, 2.05) is 48.8 Å². The van der Waals surface area contributed by atoms with Gasteiger partial charge in [-0.3, -0.25) is 4.79 Å². The molecule has 1 amide bonds. The fourth-order valence-corrected chi connectivity index (χ4v) is 3.50. The van der Waals surface area contributed by atoms with E-state index in [4.69, 9.17) is 4.52 Å². The molecule has 1 fully saturated rings. The van der Waals surface area contributed by atoms with Crippen molar-refractivity contribution in [3.8, 4) is 11.3 Å². The van der Waals surface area contributed by atoms with Crippen LogP contribution in [0.15, 0.2) is 59.4 Å². The highest BCUT2D eigenvalue weighted by atomic mass is 16.5. The van der Waals surface area contributed by atoms with Crippen LogP contribution in [0.3, 0.4) is 0 Å². The summed E-state index contributed by atoms with van der Waals surface area (Å²) in [5.74, 6) is 0.550. The first-order valence-electron chi connectivity index (χ1n) is 9.25. The van der Waals surface area contributed by atoms with Crippen molar-refractivity contribution in [2.24, 2.45) is 5.92 Å². The molecule has 1 saturated carbocycles. The molecule has 2 aromatic heterocycles. The van der Waals surface area contributed by atoms with Crippen molar-refractivity contribution in [2.45, 2.75) is 38.5 Å². The topological polar surface area (TPSA) is 80.3 Å². The lowest BCUT2D eigenvalue weighted by atomic mass is 9.80. The molecule has 27 heavy (non-hydrogen) atoms. The molecule has 6 nitrogen and oxygen atoms in total. The van der Waals surface area contributed by atoms with Gasteiger partial charge in [0.15, 0.2) is 0 Å². The summed E-state index contributed by atoms with van der Waals surface area (Å²) in [7, 11) is 0. The number of carbonyl (C=O) groups is 1. The maximum Gasteiger partial charge on any atom is 0.290 e. The van der Waals surface area contributed by atoms with Crippen LogP contribution in [0.5, 0.6) is 0 Å². The third-order valence-corrected chi connectivity index (χ3v) is 5.10. The Balaban J connectivity index is 1.27. The van der Waals surface area contributed by atoms with Gasteiger partial charge in [-0.25, -0.2) is 0 Å². The highest BCUT2D eigenvalue weighted by Gasteiger charge is 2.31. The number of aliphatic hydroxyl groups is 1. The van der Waals surface area contributed by atoms with Gasteiger partial charge in [0, 0.05) is 36.6 Å². The van der Waals surface area contributed by atoms with Crippen molar-refractivity contribution in [3.63, 3.8) is 0 Å². The summed E-state index contributed by atoms with van der Waals surface area (Å²) in [6, 6.07) is 13.4. The number of nitrogens with zero attached hydrogens (tertiary/aromatic N) is 2. The molecular weight excluding hydrogens is 342 g/mol. The first kappa shape index (κ1) is 17.5. The molecule has 1 atom stereocenters. The van der Waals surface area contributed by atoms with Crippen molar-refractivity contribution < 1.29 is 14.4 Å². The predicted molar refractivity (Wildman–Crippen MR) is 101 cm³/mol. The van der Waals surface area contributed by atoms with Gasteiger partial charge in [-0.05, 0) is 37.3 Å². The molecule has 140 valence electrons. The fourth-order valence-electron chi connectivity index (χ4n) is 3.50. The summed E-state index contributed by atoms with van der Waals surface area (Å²) in [5.41, 5.74) is 2.51. The number of aliphatic hydroxyl groups excluding tert-OH is 1. The van der Waals surface area contributed by atoms with E-state index in [2.05, 4.69) is 15.0 Å². The molecule has 0 unspecified atom stereocenters. The zero-order chi connectivity index (χ0) is 18.8. The Kier molecular flexibility index (Phi) is 4.81. The summed E-state index contributed by atoms with van der Waals surface area (Å²) in [6.07, 6.45) is 5.41. The Morgan fingerprint density at radius 3 is 2.81 bits per heavy atom. The fraction of sp³-hybridized carbons (Fsp3) is 0.333. The molecule has 0 spiro atoms. The average molecular weight is 365 g/mol. The SMILES string of the molecule is C[C@H](O)c1ccn(C[C@H]2C[C@@H](NC(=O)c3cc(-c4ccccc4)no3)C2)c1. The lowest BCUT2D eigenvalue weighted by Crippen LogP contribution is -2.45. The second-order valence-corrected chi connectivity index (χ2v) is 7.27. The minimum atomic E-state index is -0.442. The van der Waals surface area contributed by atoms with E-state index >= 15 is 0 Å². The number of rotatable bonds is 6. The predicted octanol–water partition coefficient (Wildman–Crippen LogP) is 3.41. The van der Waals surface area contributed by atoms with Crippen LogP contribution in [0, 0.1) is 5.92 Å². The quantitative estimate of drug-likeness (QED) is 0.701. The summed E-state index contributed by atoms with van der Waals surface area (Å²) >= 11 is 0. The summed E-state index contributed by atoms with van der Waals surface area (Å²) in [5, 5.41) is 16.6. The Bertz CT molecular complexity index is 908. The lowest BCUT2D eigenvalue weighted by molar-refractivity contribution is 0.0844. The van der Waals surface area contributed by atoms with Crippen LogP contribution >= 0.6 is 0 Å². The number of amides is 1. The van der Waals surface area contributed by atoms with Crippen LogP contribution < -0.4 is 5.32 Å². The maximum absolute atomic E-state index is 12.4. The Labute approximate surface area is 157 Å². The van der Waals surface area contributed by atoms with E-state index in [9.17, 15) is 9.90 Å². The van der Waals surface area contributed by atoms with E-state index in [0.29, 0.717) is 11.6 Å².